The summed E-state index contributed by atoms with van der Waals surface area (Å²) < 4.78 is 0. The van der Waals surface area contributed by atoms with Crippen LogP contribution in [0.15, 0.2) is 11.3 Å². The van der Waals surface area contributed by atoms with E-state index < -0.39 is 5.91 Å². The van der Waals surface area contributed by atoms with Crippen molar-refractivity contribution in [2.75, 3.05) is 19.7 Å². The third-order valence-corrected chi connectivity index (χ3v) is 2.09. The van der Waals surface area contributed by atoms with E-state index in [2.05, 4.69) is 5.32 Å². The molecule has 0 heterocycles. The van der Waals surface area contributed by atoms with Crippen LogP contribution in [0.4, 0.5) is 0 Å². The molecule has 3 N–H and O–H groups in total. The zero-order valence-electron chi connectivity index (χ0n) is 9.58. The second-order valence-corrected chi connectivity index (χ2v) is 3.29. The molecule has 0 rings (SSSR count). The number of carbonyl (C=O) groups excluding carboxylic acids is 1. The Morgan fingerprint density at radius 3 is 2.47 bits per heavy atom. The molecule has 15 heavy (non-hydrogen) atoms. The molecule has 1 amide bonds. The van der Waals surface area contributed by atoms with Crippen LogP contribution in [0.25, 0.3) is 0 Å². The highest BCUT2D eigenvalue weighted by molar-refractivity contribution is 5.92. The van der Waals surface area contributed by atoms with Crippen molar-refractivity contribution in [3.05, 3.63) is 11.3 Å². The maximum absolute atomic E-state index is 11.6. The fourth-order valence-corrected chi connectivity index (χ4v) is 1.07. The summed E-state index contributed by atoms with van der Waals surface area (Å²) in [5.74, 6) is -0.429. The summed E-state index contributed by atoms with van der Waals surface area (Å²) in [5.41, 5.74) is 1.24. The van der Waals surface area contributed by atoms with E-state index in [1.807, 2.05) is 6.92 Å². The van der Waals surface area contributed by atoms with Crippen molar-refractivity contribution in [1.82, 2.24) is 10.4 Å². The van der Waals surface area contributed by atoms with E-state index >= 15 is 0 Å². The second-order valence-electron chi connectivity index (χ2n) is 3.29. The molecule has 0 radical (unpaired) electrons. The van der Waals surface area contributed by atoms with Crippen LogP contribution in [-0.2, 0) is 4.79 Å². The maximum Gasteiger partial charge on any atom is 0.274 e. The molecule has 0 aromatic heterocycles. The van der Waals surface area contributed by atoms with Crippen molar-refractivity contribution in [2.24, 2.45) is 0 Å². The average Bonchev–Trinajstić information content (AvgIpc) is 2.24. The lowest BCUT2D eigenvalue weighted by Crippen LogP contribution is -2.31. The fraction of sp³-hybridized carbons (Fsp3) is 0.700. The summed E-state index contributed by atoms with van der Waals surface area (Å²) in [6, 6.07) is 0. The molecule has 5 heteroatoms. The van der Waals surface area contributed by atoms with Crippen LogP contribution in [0.5, 0.6) is 0 Å². The van der Waals surface area contributed by atoms with Crippen molar-refractivity contribution in [3.8, 4) is 0 Å². The number of rotatable bonds is 6. The van der Waals surface area contributed by atoms with Gasteiger partial charge < -0.3 is 10.4 Å². The van der Waals surface area contributed by atoms with Crippen LogP contribution in [0, 0.1) is 0 Å². The van der Waals surface area contributed by atoms with Crippen LogP contribution in [0.3, 0.4) is 0 Å². The van der Waals surface area contributed by atoms with Crippen LogP contribution in [0.2, 0.25) is 0 Å². The quantitative estimate of drug-likeness (QED) is 0.343. The molecule has 0 fully saturated rings. The molecule has 0 aromatic rings. The highest BCUT2D eigenvalue weighted by Gasteiger charge is 2.14. The highest BCUT2D eigenvalue weighted by Crippen LogP contribution is 2.04. The third kappa shape index (κ3) is 4.80. The zero-order chi connectivity index (χ0) is 11.8. The number of nitrogens with one attached hydrogen (secondary N) is 1. The van der Waals surface area contributed by atoms with Crippen molar-refractivity contribution in [1.29, 1.82) is 0 Å². The summed E-state index contributed by atoms with van der Waals surface area (Å²) in [5, 5.41) is 21.5. The first-order chi connectivity index (χ1) is 7.04. The van der Waals surface area contributed by atoms with Gasteiger partial charge in [0, 0.05) is 24.4 Å². The molecule has 0 unspecified atom stereocenters. The van der Waals surface area contributed by atoms with Gasteiger partial charge in [0.1, 0.15) is 0 Å². The van der Waals surface area contributed by atoms with Gasteiger partial charge in [0.25, 0.3) is 5.91 Å². The molecule has 0 aliphatic heterocycles. The van der Waals surface area contributed by atoms with E-state index in [9.17, 15) is 10.0 Å². The van der Waals surface area contributed by atoms with E-state index in [0.717, 1.165) is 12.2 Å². The molecule has 88 valence electrons. The molecule has 0 bridgehead atoms. The first kappa shape index (κ1) is 13.9. The summed E-state index contributed by atoms with van der Waals surface area (Å²) in [4.78, 5) is 11.6. The van der Waals surface area contributed by atoms with Crippen LogP contribution in [-0.4, -0.2) is 41.0 Å². The number of hydrogen-bond donors (Lipinski definition) is 3. The van der Waals surface area contributed by atoms with Gasteiger partial charge in [0.15, 0.2) is 0 Å². The Labute approximate surface area is 90.3 Å². The Morgan fingerprint density at radius 2 is 2.00 bits per heavy atom. The Balaban J connectivity index is 4.35. The van der Waals surface area contributed by atoms with Gasteiger partial charge in [-0.25, -0.2) is 5.06 Å². The monoisotopic (exact) mass is 216 g/mol. The molecule has 0 aliphatic rings. The Bertz CT molecular complexity index is 239. The van der Waals surface area contributed by atoms with E-state index in [1.54, 1.807) is 13.8 Å². The number of aliphatic hydroxyl groups excluding tert-OH is 1. The largest absolute Gasteiger partial charge is 0.396 e. The van der Waals surface area contributed by atoms with Gasteiger partial charge in [-0.1, -0.05) is 0 Å². The number of nitrogens with zero attached hydrogens (tertiary/aromatic N) is 1. The topological polar surface area (TPSA) is 72.8 Å². The van der Waals surface area contributed by atoms with Gasteiger partial charge in [0.2, 0.25) is 0 Å². The molecule has 0 saturated heterocycles. The third-order valence-electron chi connectivity index (χ3n) is 2.09. The number of aliphatic hydroxyl groups is 1. The van der Waals surface area contributed by atoms with Gasteiger partial charge in [-0.2, -0.15) is 0 Å². The SMILES string of the molecule is CCN/C(C)=C(/C)C(=O)N(O)CCCO. The lowest BCUT2D eigenvalue weighted by molar-refractivity contribution is -0.161. The fourth-order valence-electron chi connectivity index (χ4n) is 1.07. The van der Waals surface area contributed by atoms with Crippen molar-refractivity contribution in [2.45, 2.75) is 27.2 Å². The Hall–Kier alpha value is -1.07. The molecular weight excluding hydrogens is 196 g/mol. The number of hydroxylamine groups is 2. The Kier molecular flexibility index (Phi) is 6.73. The highest BCUT2D eigenvalue weighted by atomic mass is 16.5. The summed E-state index contributed by atoms with van der Waals surface area (Å²) in [7, 11) is 0. The minimum Gasteiger partial charge on any atom is -0.396 e. The number of amides is 1. The predicted molar refractivity (Wildman–Crippen MR) is 57.3 cm³/mol. The standard InChI is InChI=1S/C10H20N2O3/c1-4-11-9(3)8(2)10(14)12(15)6-5-7-13/h11,13,15H,4-7H2,1-3H3/b9-8-. The van der Waals surface area contributed by atoms with Crippen molar-refractivity contribution >= 4 is 5.91 Å². The lowest BCUT2D eigenvalue weighted by Gasteiger charge is -2.16. The molecular formula is C10H20N2O3. The van der Waals surface area contributed by atoms with Crippen molar-refractivity contribution in [3.63, 3.8) is 0 Å². The molecule has 5 nitrogen and oxygen atoms in total. The molecule has 0 aromatic carbocycles. The van der Waals surface area contributed by atoms with Crippen LogP contribution in [0.1, 0.15) is 27.2 Å². The number of allylic oxidation sites excluding steroid dienone is 1. The maximum atomic E-state index is 11.6. The summed E-state index contributed by atoms with van der Waals surface area (Å²) in [6.45, 7) is 6.22. The van der Waals surface area contributed by atoms with E-state index in [1.165, 1.54) is 0 Å². The van der Waals surface area contributed by atoms with Crippen molar-refractivity contribution < 1.29 is 15.1 Å². The van der Waals surface area contributed by atoms with E-state index in [4.69, 9.17) is 5.11 Å². The van der Waals surface area contributed by atoms with E-state index in [-0.39, 0.29) is 13.2 Å². The predicted octanol–water partition coefficient (Wildman–Crippen LogP) is 0.490. The first-order valence-electron chi connectivity index (χ1n) is 5.07. The van der Waals surface area contributed by atoms with Crippen LogP contribution < -0.4 is 5.32 Å². The number of carbonyl (C=O) groups is 1. The van der Waals surface area contributed by atoms with Gasteiger partial charge in [0.05, 0.1) is 6.54 Å². The zero-order valence-corrected chi connectivity index (χ0v) is 9.58. The molecule has 0 aliphatic carbocycles. The summed E-state index contributed by atoms with van der Waals surface area (Å²) in [6.07, 6.45) is 0.371. The average molecular weight is 216 g/mol. The first-order valence-corrected chi connectivity index (χ1v) is 5.07. The minimum atomic E-state index is -0.429. The lowest BCUT2D eigenvalue weighted by atomic mass is 10.2. The molecule has 0 spiro atoms. The van der Waals surface area contributed by atoms with Gasteiger partial charge in [-0.3, -0.25) is 10.0 Å². The number of hydrogen-bond acceptors (Lipinski definition) is 4. The molecule has 0 atom stereocenters. The summed E-state index contributed by atoms with van der Waals surface area (Å²) >= 11 is 0. The van der Waals surface area contributed by atoms with Crippen LogP contribution >= 0.6 is 0 Å². The smallest absolute Gasteiger partial charge is 0.274 e. The minimum absolute atomic E-state index is 0.0424. The van der Waals surface area contributed by atoms with Gasteiger partial charge >= 0.3 is 0 Å². The second kappa shape index (κ2) is 7.25. The molecule has 0 saturated carbocycles. The van der Waals surface area contributed by atoms with Gasteiger partial charge in [-0.15, -0.1) is 0 Å². The Morgan fingerprint density at radius 1 is 1.40 bits per heavy atom. The van der Waals surface area contributed by atoms with Gasteiger partial charge in [-0.05, 0) is 27.2 Å². The normalized spacial score (nSPS) is 12.1. The van der Waals surface area contributed by atoms with E-state index in [0.29, 0.717) is 17.1 Å².